The van der Waals surface area contributed by atoms with Gasteiger partial charge in [0.05, 0.1) is 16.1 Å². The minimum atomic E-state index is -0.433. The smallest absolute Gasteiger partial charge is 0.0674 e. The summed E-state index contributed by atoms with van der Waals surface area (Å²) in [7, 11) is 0. The Morgan fingerprint density at radius 2 is 1.89 bits per heavy atom. The quantitative estimate of drug-likeness (QED) is 0.884. The lowest BCUT2D eigenvalue weighted by Crippen LogP contribution is -2.38. The second kappa shape index (κ2) is 6.01. The van der Waals surface area contributed by atoms with Crippen LogP contribution in [0.25, 0.3) is 0 Å². The summed E-state index contributed by atoms with van der Waals surface area (Å²) in [6.07, 6.45) is 4.06. The highest BCUT2D eigenvalue weighted by molar-refractivity contribution is 6.42. The van der Waals surface area contributed by atoms with Crippen molar-refractivity contribution < 1.29 is 5.11 Å². The van der Waals surface area contributed by atoms with Gasteiger partial charge in [0.25, 0.3) is 0 Å². The van der Waals surface area contributed by atoms with Crippen LogP contribution in [0.1, 0.15) is 44.1 Å². The van der Waals surface area contributed by atoms with E-state index in [0.29, 0.717) is 16.6 Å². The summed E-state index contributed by atoms with van der Waals surface area (Å²) in [5.41, 5.74) is 6.82. The molecule has 2 rings (SSSR count). The molecule has 0 aromatic heterocycles. The number of hydrogen-bond acceptors (Lipinski definition) is 2. The highest BCUT2D eigenvalue weighted by Gasteiger charge is 2.40. The summed E-state index contributed by atoms with van der Waals surface area (Å²) in [5, 5.41) is 11.8. The minimum absolute atomic E-state index is 0.0316. The molecule has 19 heavy (non-hydrogen) atoms. The molecule has 2 atom stereocenters. The number of hydrogen-bond donors (Lipinski definition) is 2. The van der Waals surface area contributed by atoms with Crippen LogP contribution in [0.2, 0.25) is 10.0 Å². The van der Waals surface area contributed by atoms with E-state index < -0.39 is 6.10 Å². The zero-order valence-electron chi connectivity index (χ0n) is 11.2. The van der Waals surface area contributed by atoms with Crippen LogP contribution in [0.5, 0.6) is 0 Å². The van der Waals surface area contributed by atoms with Crippen molar-refractivity contribution in [2.45, 2.75) is 44.6 Å². The standard InChI is InChI=1S/C15H21Cl2NO/c1-15(6-2-3-7-15)14(19)11(9-18)10-4-5-12(16)13(17)8-10/h4-5,8,11,14,19H,2-3,6-7,9,18H2,1H3. The fourth-order valence-corrected chi connectivity index (χ4v) is 3.46. The van der Waals surface area contributed by atoms with Crippen LogP contribution in [0.3, 0.4) is 0 Å². The van der Waals surface area contributed by atoms with E-state index in [1.807, 2.05) is 12.1 Å². The molecule has 1 fully saturated rings. The third-order valence-corrected chi connectivity index (χ3v) is 5.21. The largest absolute Gasteiger partial charge is 0.392 e. The van der Waals surface area contributed by atoms with Crippen LogP contribution in [-0.4, -0.2) is 17.8 Å². The van der Waals surface area contributed by atoms with Gasteiger partial charge in [-0.2, -0.15) is 0 Å². The van der Waals surface area contributed by atoms with E-state index >= 15 is 0 Å². The van der Waals surface area contributed by atoms with Crippen LogP contribution in [0.4, 0.5) is 0 Å². The zero-order valence-corrected chi connectivity index (χ0v) is 12.7. The van der Waals surface area contributed by atoms with E-state index in [1.165, 1.54) is 12.8 Å². The van der Waals surface area contributed by atoms with Gasteiger partial charge in [-0.1, -0.05) is 49.0 Å². The monoisotopic (exact) mass is 301 g/mol. The van der Waals surface area contributed by atoms with Crippen LogP contribution in [0.15, 0.2) is 18.2 Å². The van der Waals surface area contributed by atoms with Crippen LogP contribution in [-0.2, 0) is 0 Å². The second-order valence-electron chi connectivity index (χ2n) is 5.82. The van der Waals surface area contributed by atoms with Gasteiger partial charge >= 0.3 is 0 Å². The maximum atomic E-state index is 10.7. The average molecular weight is 302 g/mol. The third kappa shape index (κ3) is 3.08. The first-order valence-corrected chi connectivity index (χ1v) is 7.56. The topological polar surface area (TPSA) is 46.2 Å². The maximum Gasteiger partial charge on any atom is 0.0674 e. The molecule has 2 unspecified atom stereocenters. The molecule has 4 heteroatoms. The predicted octanol–water partition coefficient (Wildman–Crippen LogP) is 3.98. The Labute approximate surface area is 124 Å². The van der Waals surface area contributed by atoms with E-state index in [2.05, 4.69) is 6.92 Å². The Kier molecular flexibility index (Phi) is 4.78. The molecular formula is C15H21Cl2NO. The summed E-state index contributed by atoms with van der Waals surface area (Å²) in [6, 6.07) is 5.50. The van der Waals surface area contributed by atoms with Crippen molar-refractivity contribution in [3.05, 3.63) is 33.8 Å². The van der Waals surface area contributed by atoms with Gasteiger partial charge in [0.15, 0.2) is 0 Å². The van der Waals surface area contributed by atoms with Gasteiger partial charge in [-0.15, -0.1) is 0 Å². The molecule has 1 aromatic rings. The lowest BCUT2D eigenvalue weighted by atomic mass is 9.74. The molecule has 0 radical (unpaired) electrons. The van der Waals surface area contributed by atoms with Gasteiger partial charge < -0.3 is 10.8 Å². The average Bonchev–Trinajstić information content (AvgIpc) is 2.83. The summed E-state index contributed by atoms with van der Waals surface area (Å²) in [6.45, 7) is 2.57. The molecule has 0 aliphatic heterocycles. The van der Waals surface area contributed by atoms with Gasteiger partial charge in [0.1, 0.15) is 0 Å². The minimum Gasteiger partial charge on any atom is -0.392 e. The summed E-state index contributed by atoms with van der Waals surface area (Å²) < 4.78 is 0. The van der Waals surface area contributed by atoms with Gasteiger partial charge in [0, 0.05) is 12.5 Å². The van der Waals surface area contributed by atoms with Crippen molar-refractivity contribution in [3.63, 3.8) is 0 Å². The lowest BCUT2D eigenvalue weighted by molar-refractivity contribution is 0.0213. The van der Waals surface area contributed by atoms with E-state index in [0.717, 1.165) is 18.4 Å². The fourth-order valence-electron chi connectivity index (χ4n) is 3.15. The fraction of sp³-hybridized carbons (Fsp3) is 0.600. The van der Waals surface area contributed by atoms with Crippen molar-refractivity contribution >= 4 is 23.2 Å². The predicted molar refractivity (Wildman–Crippen MR) is 80.8 cm³/mol. The summed E-state index contributed by atoms with van der Waals surface area (Å²) in [5.74, 6) is -0.0853. The maximum absolute atomic E-state index is 10.7. The molecule has 3 N–H and O–H groups in total. The second-order valence-corrected chi connectivity index (χ2v) is 6.64. The van der Waals surface area contributed by atoms with Gasteiger partial charge in [0.2, 0.25) is 0 Å². The molecule has 0 bridgehead atoms. The molecule has 1 aromatic carbocycles. The SMILES string of the molecule is CC1(C(O)C(CN)c2ccc(Cl)c(Cl)c2)CCCC1. The number of benzene rings is 1. The van der Waals surface area contributed by atoms with Crippen LogP contribution >= 0.6 is 23.2 Å². The molecule has 1 aliphatic carbocycles. The van der Waals surface area contributed by atoms with Crippen molar-refractivity contribution in [2.75, 3.05) is 6.54 Å². The molecule has 106 valence electrons. The first-order valence-electron chi connectivity index (χ1n) is 6.81. The summed E-state index contributed by atoms with van der Waals surface area (Å²) in [4.78, 5) is 0. The molecule has 0 heterocycles. The zero-order chi connectivity index (χ0) is 14.0. The Bertz CT molecular complexity index is 444. The van der Waals surface area contributed by atoms with Gasteiger partial charge in [-0.05, 0) is 36.0 Å². The highest BCUT2D eigenvalue weighted by atomic mass is 35.5. The van der Waals surface area contributed by atoms with Gasteiger partial charge in [-0.3, -0.25) is 0 Å². The Morgan fingerprint density at radius 1 is 1.26 bits per heavy atom. The summed E-state index contributed by atoms with van der Waals surface area (Å²) >= 11 is 12.0. The first-order chi connectivity index (χ1) is 8.98. The third-order valence-electron chi connectivity index (χ3n) is 4.47. The van der Waals surface area contributed by atoms with Crippen molar-refractivity contribution in [1.29, 1.82) is 0 Å². The molecule has 0 amide bonds. The molecular weight excluding hydrogens is 281 g/mol. The molecule has 1 saturated carbocycles. The molecule has 0 spiro atoms. The lowest BCUT2D eigenvalue weighted by Gasteiger charge is -2.35. The number of nitrogens with two attached hydrogens (primary N) is 1. The Hall–Kier alpha value is -0.280. The highest BCUT2D eigenvalue weighted by Crippen LogP contribution is 2.45. The van der Waals surface area contributed by atoms with Crippen molar-refractivity contribution in [1.82, 2.24) is 0 Å². The molecule has 0 saturated heterocycles. The Balaban J connectivity index is 2.25. The van der Waals surface area contributed by atoms with Gasteiger partial charge in [-0.25, -0.2) is 0 Å². The van der Waals surface area contributed by atoms with Crippen LogP contribution in [0, 0.1) is 5.41 Å². The first kappa shape index (κ1) is 15.1. The van der Waals surface area contributed by atoms with E-state index in [4.69, 9.17) is 28.9 Å². The van der Waals surface area contributed by atoms with E-state index in [9.17, 15) is 5.11 Å². The number of aliphatic hydroxyl groups excluding tert-OH is 1. The van der Waals surface area contributed by atoms with Crippen LogP contribution < -0.4 is 5.73 Å². The number of halogens is 2. The normalized spacial score (nSPS) is 21.3. The Morgan fingerprint density at radius 3 is 2.42 bits per heavy atom. The van der Waals surface area contributed by atoms with E-state index in [1.54, 1.807) is 6.07 Å². The number of aliphatic hydroxyl groups is 1. The van der Waals surface area contributed by atoms with E-state index in [-0.39, 0.29) is 11.3 Å². The molecule has 2 nitrogen and oxygen atoms in total. The number of rotatable bonds is 4. The van der Waals surface area contributed by atoms with Crippen molar-refractivity contribution in [3.8, 4) is 0 Å². The van der Waals surface area contributed by atoms with Crippen molar-refractivity contribution in [2.24, 2.45) is 11.1 Å². The molecule has 1 aliphatic rings.